The number of amides is 2. The van der Waals surface area contributed by atoms with Gasteiger partial charge in [-0.15, -0.1) is 0 Å². The van der Waals surface area contributed by atoms with Crippen LogP contribution >= 0.6 is 0 Å². The molecule has 6 heteroatoms. The number of nitrogens with zero attached hydrogens (tertiary/aromatic N) is 3. The van der Waals surface area contributed by atoms with Gasteiger partial charge in [0.1, 0.15) is 11.5 Å². The van der Waals surface area contributed by atoms with Crippen LogP contribution in [0.1, 0.15) is 34.3 Å². The van der Waals surface area contributed by atoms with Crippen molar-refractivity contribution in [1.82, 2.24) is 20.2 Å². The van der Waals surface area contributed by atoms with Crippen molar-refractivity contribution in [2.24, 2.45) is 0 Å². The first-order valence-electron chi connectivity index (χ1n) is 7.57. The third-order valence-electron chi connectivity index (χ3n) is 3.87. The lowest BCUT2D eigenvalue weighted by Crippen LogP contribution is -2.37. The molecule has 0 aliphatic carbocycles. The minimum atomic E-state index is -0.290. The maximum Gasteiger partial charge on any atom is 0.273 e. The van der Waals surface area contributed by atoms with Crippen LogP contribution in [-0.4, -0.2) is 39.8 Å². The Morgan fingerprint density at radius 1 is 1.26 bits per heavy atom. The molecule has 2 heterocycles. The van der Waals surface area contributed by atoms with E-state index in [2.05, 4.69) is 15.3 Å². The summed E-state index contributed by atoms with van der Waals surface area (Å²) in [7, 11) is 0. The monoisotopic (exact) mass is 310 g/mol. The second-order valence-corrected chi connectivity index (χ2v) is 5.47. The van der Waals surface area contributed by atoms with E-state index in [1.807, 2.05) is 30.3 Å². The van der Waals surface area contributed by atoms with E-state index in [1.54, 1.807) is 24.1 Å². The summed E-state index contributed by atoms with van der Waals surface area (Å²) in [5.41, 5.74) is 1.30. The first kappa shape index (κ1) is 15.1. The van der Waals surface area contributed by atoms with Crippen LogP contribution in [0.2, 0.25) is 0 Å². The van der Waals surface area contributed by atoms with Gasteiger partial charge >= 0.3 is 0 Å². The lowest BCUT2D eigenvalue weighted by atomic mass is 10.0. The van der Waals surface area contributed by atoms with Crippen molar-refractivity contribution in [2.75, 3.05) is 13.1 Å². The molecule has 1 saturated heterocycles. The Morgan fingerprint density at radius 2 is 2.04 bits per heavy atom. The third kappa shape index (κ3) is 3.36. The van der Waals surface area contributed by atoms with E-state index in [-0.39, 0.29) is 24.3 Å². The van der Waals surface area contributed by atoms with E-state index < -0.39 is 0 Å². The van der Waals surface area contributed by atoms with Gasteiger partial charge in [-0.05, 0) is 18.6 Å². The molecule has 2 amide bonds. The van der Waals surface area contributed by atoms with Crippen molar-refractivity contribution >= 4 is 11.8 Å². The van der Waals surface area contributed by atoms with Crippen LogP contribution in [0.5, 0.6) is 0 Å². The number of aryl methyl sites for hydroxylation is 1. The van der Waals surface area contributed by atoms with Crippen molar-refractivity contribution in [3.63, 3.8) is 0 Å². The first-order chi connectivity index (χ1) is 11.1. The molecule has 0 saturated carbocycles. The maximum absolute atomic E-state index is 12.9. The largest absolute Gasteiger partial charge is 0.354 e. The van der Waals surface area contributed by atoms with Gasteiger partial charge in [0.2, 0.25) is 5.91 Å². The zero-order valence-corrected chi connectivity index (χ0v) is 12.9. The molecule has 1 aliphatic heterocycles. The average Bonchev–Trinajstić information content (AvgIpc) is 2.76. The Balaban J connectivity index is 1.96. The molecule has 2 aromatic rings. The van der Waals surface area contributed by atoms with E-state index in [0.29, 0.717) is 24.6 Å². The summed E-state index contributed by atoms with van der Waals surface area (Å²) in [6.45, 7) is 2.64. The maximum atomic E-state index is 12.9. The summed E-state index contributed by atoms with van der Waals surface area (Å²) in [6.07, 6.45) is 1.83. The SMILES string of the molecule is Cc1nccc(C(=O)N2CCNC(=O)C[C@H]2c2ccccc2)n1. The van der Waals surface area contributed by atoms with Gasteiger partial charge in [-0.2, -0.15) is 0 Å². The van der Waals surface area contributed by atoms with Gasteiger partial charge in [-0.1, -0.05) is 30.3 Å². The molecule has 3 rings (SSSR count). The molecule has 1 aromatic carbocycles. The molecule has 0 spiro atoms. The Bertz CT molecular complexity index is 718. The van der Waals surface area contributed by atoms with Crippen molar-refractivity contribution in [2.45, 2.75) is 19.4 Å². The molecule has 118 valence electrons. The summed E-state index contributed by atoms with van der Waals surface area (Å²) < 4.78 is 0. The van der Waals surface area contributed by atoms with Crippen molar-refractivity contribution in [1.29, 1.82) is 0 Å². The first-order valence-corrected chi connectivity index (χ1v) is 7.57. The van der Waals surface area contributed by atoms with Crippen LogP contribution in [0.25, 0.3) is 0 Å². The number of hydrogen-bond donors (Lipinski definition) is 1. The highest BCUT2D eigenvalue weighted by Crippen LogP contribution is 2.26. The number of carbonyl (C=O) groups is 2. The Morgan fingerprint density at radius 3 is 2.78 bits per heavy atom. The summed E-state index contributed by atoms with van der Waals surface area (Å²) >= 11 is 0. The molecule has 23 heavy (non-hydrogen) atoms. The van der Waals surface area contributed by atoms with Gasteiger partial charge in [0.05, 0.1) is 12.5 Å². The number of hydrogen-bond acceptors (Lipinski definition) is 4. The van der Waals surface area contributed by atoms with Crippen LogP contribution in [0.3, 0.4) is 0 Å². The van der Waals surface area contributed by atoms with Crippen molar-refractivity contribution < 1.29 is 9.59 Å². The molecule has 1 fully saturated rings. The summed E-state index contributed by atoms with van der Waals surface area (Å²) in [4.78, 5) is 34.8. The van der Waals surface area contributed by atoms with E-state index >= 15 is 0 Å². The fourth-order valence-corrected chi connectivity index (χ4v) is 2.77. The van der Waals surface area contributed by atoms with Gasteiger partial charge in [0, 0.05) is 19.3 Å². The zero-order valence-electron chi connectivity index (χ0n) is 12.9. The highest BCUT2D eigenvalue weighted by Gasteiger charge is 2.30. The zero-order chi connectivity index (χ0) is 16.2. The third-order valence-corrected chi connectivity index (χ3v) is 3.87. The van der Waals surface area contributed by atoms with Crippen LogP contribution in [-0.2, 0) is 4.79 Å². The van der Waals surface area contributed by atoms with Crippen LogP contribution in [0, 0.1) is 6.92 Å². The van der Waals surface area contributed by atoms with Gasteiger partial charge in [0.25, 0.3) is 5.91 Å². The molecule has 1 atom stereocenters. The lowest BCUT2D eigenvalue weighted by molar-refractivity contribution is -0.121. The normalized spacial score (nSPS) is 18.2. The number of nitrogens with one attached hydrogen (secondary N) is 1. The van der Waals surface area contributed by atoms with Gasteiger partial charge in [-0.3, -0.25) is 9.59 Å². The smallest absolute Gasteiger partial charge is 0.273 e. The predicted octanol–water partition coefficient (Wildman–Crippen LogP) is 1.49. The standard InChI is InChI=1S/C17H18N4O2/c1-12-18-8-7-14(20-12)17(23)21-10-9-19-16(22)11-15(21)13-5-3-2-4-6-13/h2-8,15H,9-11H2,1H3,(H,19,22)/t15-/m0/s1. The van der Waals surface area contributed by atoms with Crippen molar-refractivity contribution in [3.8, 4) is 0 Å². The van der Waals surface area contributed by atoms with Crippen LogP contribution in [0.4, 0.5) is 0 Å². The molecule has 0 radical (unpaired) electrons. The minimum absolute atomic E-state index is 0.0481. The fraction of sp³-hybridized carbons (Fsp3) is 0.294. The number of carbonyl (C=O) groups excluding carboxylic acids is 2. The quantitative estimate of drug-likeness (QED) is 0.912. The average molecular weight is 310 g/mol. The number of rotatable bonds is 2. The highest BCUT2D eigenvalue weighted by molar-refractivity contribution is 5.93. The highest BCUT2D eigenvalue weighted by atomic mass is 16.2. The molecule has 0 bridgehead atoms. The summed E-state index contributed by atoms with van der Waals surface area (Å²) in [5.74, 6) is 0.324. The van der Waals surface area contributed by atoms with E-state index in [1.165, 1.54) is 0 Å². The van der Waals surface area contributed by atoms with E-state index in [0.717, 1.165) is 5.56 Å². The molecule has 6 nitrogen and oxygen atoms in total. The second kappa shape index (κ2) is 6.56. The fourth-order valence-electron chi connectivity index (χ4n) is 2.77. The summed E-state index contributed by atoms with van der Waals surface area (Å²) in [6, 6.07) is 10.9. The second-order valence-electron chi connectivity index (χ2n) is 5.47. The topological polar surface area (TPSA) is 75.2 Å². The van der Waals surface area contributed by atoms with Gasteiger partial charge < -0.3 is 10.2 Å². The molecular weight excluding hydrogens is 292 g/mol. The number of aromatic nitrogens is 2. The lowest BCUT2D eigenvalue weighted by Gasteiger charge is -2.29. The van der Waals surface area contributed by atoms with Crippen molar-refractivity contribution in [3.05, 3.63) is 59.7 Å². The van der Waals surface area contributed by atoms with E-state index in [9.17, 15) is 9.59 Å². The molecule has 1 N–H and O–H groups in total. The molecule has 1 aromatic heterocycles. The van der Waals surface area contributed by atoms with Crippen LogP contribution in [0.15, 0.2) is 42.6 Å². The summed E-state index contributed by atoms with van der Waals surface area (Å²) in [5, 5.41) is 2.83. The Hall–Kier alpha value is -2.76. The molecule has 0 unspecified atom stereocenters. The Labute approximate surface area is 134 Å². The predicted molar refractivity (Wildman–Crippen MR) is 84.6 cm³/mol. The van der Waals surface area contributed by atoms with Gasteiger partial charge in [-0.25, -0.2) is 9.97 Å². The van der Waals surface area contributed by atoms with Crippen LogP contribution < -0.4 is 5.32 Å². The van der Waals surface area contributed by atoms with E-state index in [4.69, 9.17) is 0 Å². The minimum Gasteiger partial charge on any atom is -0.354 e. The Kier molecular flexibility index (Phi) is 4.32. The van der Waals surface area contributed by atoms with Gasteiger partial charge in [0.15, 0.2) is 0 Å². The number of benzene rings is 1. The molecule has 1 aliphatic rings. The molecular formula is C17H18N4O2.